The molecule has 0 atom stereocenters. The zero-order valence-electron chi connectivity index (χ0n) is 8.81. The summed E-state index contributed by atoms with van der Waals surface area (Å²) in [4.78, 5) is 11.4. The number of H-pyrrole nitrogens is 1. The van der Waals surface area contributed by atoms with Crippen molar-refractivity contribution in [3.8, 4) is 0 Å². The van der Waals surface area contributed by atoms with E-state index in [9.17, 15) is 4.79 Å². The Kier molecular flexibility index (Phi) is 3.77. The van der Waals surface area contributed by atoms with Crippen molar-refractivity contribution in [3.05, 3.63) is 46.6 Å². The largest absolute Gasteiger partial charge is 0.444 e. The third-order valence-corrected chi connectivity index (χ3v) is 2.63. The first kappa shape index (κ1) is 11.7. The number of aromatic nitrogens is 2. The number of ether oxygens (including phenoxy) is 1. The monoisotopic (exact) mass is 295 g/mol. The van der Waals surface area contributed by atoms with Crippen LogP contribution in [-0.4, -0.2) is 16.3 Å². The molecule has 0 saturated carbocycles. The van der Waals surface area contributed by atoms with Gasteiger partial charge in [0.25, 0.3) is 0 Å². The molecule has 0 aliphatic rings. The second-order valence-electron chi connectivity index (χ2n) is 3.28. The summed E-state index contributed by atoms with van der Waals surface area (Å²) in [5.41, 5.74) is 0.936. The highest BCUT2D eigenvalue weighted by molar-refractivity contribution is 9.10. The van der Waals surface area contributed by atoms with Crippen LogP contribution in [0.2, 0.25) is 0 Å². The number of anilines is 1. The first-order chi connectivity index (χ1) is 8.25. The van der Waals surface area contributed by atoms with Crippen molar-refractivity contribution in [1.29, 1.82) is 0 Å². The number of hydrogen-bond donors (Lipinski definition) is 2. The van der Waals surface area contributed by atoms with Crippen molar-refractivity contribution in [1.82, 2.24) is 10.2 Å². The van der Waals surface area contributed by atoms with E-state index in [1.807, 2.05) is 30.3 Å². The molecule has 0 spiro atoms. The molecule has 2 rings (SSSR count). The zero-order valence-corrected chi connectivity index (χ0v) is 10.4. The van der Waals surface area contributed by atoms with Gasteiger partial charge < -0.3 is 4.74 Å². The normalized spacial score (nSPS) is 9.94. The molecule has 5 nitrogen and oxygen atoms in total. The highest BCUT2D eigenvalue weighted by atomic mass is 79.9. The van der Waals surface area contributed by atoms with Crippen LogP contribution in [0.25, 0.3) is 0 Å². The van der Waals surface area contributed by atoms with E-state index in [4.69, 9.17) is 4.74 Å². The molecule has 0 aliphatic heterocycles. The maximum Gasteiger partial charge on any atom is 0.413 e. The maximum atomic E-state index is 11.4. The Morgan fingerprint density at radius 1 is 1.41 bits per heavy atom. The van der Waals surface area contributed by atoms with Crippen LogP contribution in [0.4, 0.5) is 10.6 Å². The maximum absolute atomic E-state index is 11.4. The van der Waals surface area contributed by atoms with Crippen LogP contribution in [0.15, 0.2) is 41.0 Å². The Morgan fingerprint density at radius 2 is 2.18 bits per heavy atom. The number of aromatic amines is 1. The number of halogens is 1. The van der Waals surface area contributed by atoms with Gasteiger partial charge in [-0.05, 0) is 21.5 Å². The summed E-state index contributed by atoms with van der Waals surface area (Å²) in [6.07, 6.45) is 1.02. The van der Waals surface area contributed by atoms with Gasteiger partial charge in [-0.3, -0.25) is 10.4 Å². The average molecular weight is 296 g/mol. The van der Waals surface area contributed by atoms with Gasteiger partial charge in [-0.2, -0.15) is 5.10 Å². The fourth-order valence-corrected chi connectivity index (χ4v) is 1.51. The molecule has 0 fully saturated rings. The average Bonchev–Trinajstić information content (AvgIpc) is 2.74. The number of nitrogens with one attached hydrogen (secondary N) is 2. The minimum absolute atomic E-state index is 0.235. The molecule has 1 aromatic heterocycles. The van der Waals surface area contributed by atoms with Crippen LogP contribution in [0.3, 0.4) is 0 Å². The fraction of sp³-hybridized carbons (Fsp3) is 0.0909. The van der Waals surface area contributed by atoms with Gasteiger partial charge in [0, 0.05) is 0 Å². The van der Waals surface area contributed by atoms with E-state index in [0.717, 1.165) is 5.56 Å². The standard InChI is InChI=1S/C11H10BrN3O2/c12-9-6-13-15-10(9)14-11(16)17-7-8-4-2-1-3-5-8/h1-6H,7H2,(H2,13,14,15,16). The van der Waals surface area contributed by atoms with E-state index < -0.39 is 6.09 Å². The lowest BCUT2D eigenvalue weighted by atomic mass is 10.2. The third kappa shape index (κ3) is 3.32. The van der Waals surface area contributed by atoms with Gasteiger partial charge in [-0.15, -0.1) is 0 Å². The Morgan fingerprint density at radius 3 is 2.82 bits per heavy atom. The van der Waals surface area contributed by atoms with E-state index in [1.54, 1.807) is 6.20 Å². The van der Waals surface area contributed by atoms with E-state index >= 15 is 0 Å². The van der Waals surface area contributed by atoms with Crippen molar-refractivity contribution >= 4 is 27.8 Å². The van der Waals surface area contributed by atoms with Crippen LogP contribution >= 0.6 is 15.9 Å². The van der Waals surface area contributed by atoms with Gasteiger partial charge in [-0.1, -0.05) is 30.3 Å². The summed E-state index contributed by atoms with van der Waals surface area (Å²) >= 11 is 3.23. The van der Waals surface area contributed by atoms with Crippen LogP contribution in [0, 0.1) is 0 Å². The molecule has 1 amide bonds. The van der Waals surface area contributed by atoms with Gasteiger partial charge in [0.1, 0.15) is 12.4 Å². The molecule has 17 heavy (non-hydrogen) atoms. The van der Waals surface area contributed by atoms with Crippen molar-refractivity contribution in [3.63, 3.8) is 0 Å². The molecular weight excluding hydrogens is 286 g/mol. The topological polar surface area (TPSA) is 67.0 Å². The highest BCUT2D eigenvalue weighted by Gasteiger charge is 2.07. The van der Waals surface area contributed by atoms with E-state index in [0.29, 0.717) is 10.3 Å². The molecule has 2 aromatic rings. The van der Waals surface area contributed by atoms with Crippen LogP contribution in [0.5, 0.6) is 0 Å². The summed E-state index contributed by atoms with van der Waals surface area (Å²) < 4.78 is 5.71. The summed E-state index contributed by atoms with van der Waals surface area (Å²) in [5, 5.41) is 8.91. The first-order valence-electron chi connectivity index (χ1n) is 4.92. The van der Waals surface area contributed by atoms with Gasteiger partial charge >= 0.3 is 6.09 Å². The van der Waals surface area contributed by atoms with Crippen LogP contribution in [-0.2, 0) is 11.3 Å². The van der Waals surface area contributed by atoms with Crippen molar-refractivity contribution in [2.75, 3.05) is 5.32 Å². The summed E-state index contributed by atoms with van der Waals surface area (Å²) in [7, 11) is 0. The second-order valence-corrected chi connectivity index (χ2v) is 4.13. The Bertz CT molecular complexity index is 498. The van der Waals surface area contributed by atoms with Gasteiger partial charge in [-0.25, -0.2) is 4.79 Å². The van der Waals surface area contributed by atoms with E-state index in [-0.39, 0.29) is 6.61 Å². The number of rotatable bonds is 3. The fourth-order valence-electron chi connectivity index (χ4n) is 1.22. The summed E-state index contributed by atoms with van der Waals surface area (Å²) in [5.74, 6) is 0.475. The lowest BCUT2D eigenvalue weighted by molar-refractivity contribution is 0.155. The first-order valence-corrected chi connectivity index (χ1v) is 5.71. The highest BCUT2D eigenvalue weighted by Crippen LogP contribution is 2.17. The number of hydrogen-bond acceptors (Lipinski definition) is 3. The van der Waals surface area contributed by atoms with Crippen LogP contribution in [0.1, 0.15) is 5.56 Å². The Balaban J connectivity index is 1.85. The minimum Gasteiger partial charge on any atom is -0.444 e. The number of carbonyl (C=O) groups is 1. The quantitative estimate of drug-likeness (QED) is 0.915. The molecule has 88 valence electrons. The van der Waals surface area contributed by atoms with Crippen molar-refractivity contribution in [2.24, 2.45) is 0 Å². The van der Waals surface area contributed by atoms with Gasteiger partial charge in [0.2, 0.25) is 0 Å². The number of benzene rings is 1. The molecule has 0 radical (unpaired) electrons. The molecule has 1 aromatic carbocycles. The second kappa shape index (κ2) is 5.49. The lowest BCUT2D eigenvalue weighted by Gasteiger charge is -2.05. The molecule has 2 N–H and O–H groups in total. The summed E-state index contributed by atoms with van der Waals surface area (Å²) in [6, 6.07) is 9.47. The number of nitrogens with zero attached hydrogens (tertiary/aromatic N) is 1. The third-order valence-electron chi connectivity index (χ3n) is 2.03. The zero-order chi connectivity index (χ0) is 12.1. The van der Waals surface area contributed by atoms with E-state index in [2.05, 4.69) is 31.4 Å². The van der Waals surface area contributed by atoms with Crippen molar-refractivity contribution in [2.45, 2.75) is 6.61 Å². The molecule has 6 heteroatoms. The van der Waals surface area contributed by atoms with Gasteiger partial charge in [0.15, 0.2) is 0 Å². The SMILES string of the molecule is O=C(Nc1[nH]ncc1Br)OCc1ccccc1. The summed E-state index contributed by atoms with van der Waals surface area (Å²) in [6.45, 7) is 0.235. The molecule has 1 heterocycles. The number of carbonyl (C=O) groups excluding carboxylic acids is 1. The molecule has 0 saturated heterocycles. The molecule has 0 bridgehead atoms. The Labute approximate surface area is 106 Å². The molecule has 0 unspecified atom stereocenters. The predicted octanol–water partition coefficient (Wildman–Crippen LogP) is 2.92. The van der Waals surface area contributed by atoms with Crippen molar-refractivity contribution < 1.29 is 9.53 Å². The number of amides is 1. The molecule has 0 aliphatic carbocycles. The minimum atomic E-state index is -0.529. The van der Waals surface area contributed by atoms with Crippen LogP contribution < -0.4 is 5.32 Å². The predicted molar refractivity (Wildman–Crippen MR) is 66.5 cm³/mol. The Hall–Kier alpha value is -1.82. The van der Waals surface area contributed by atoms with E-state index in [1.165, 1.54) is 0 Å². The van der Waals surface area contributed by atoms with Gasteiger partial charge in [0.05, 0.1) is 10.7 Å². The molecular formula is C11H10BrN3O2. The lowest BCUT2D eigenvalue weighted by Crippen LogP contribution is -2.14. The smallest absolute Gasteiger partial charge is 0.413 e.